The first-order valence-corrected chi connectivity index (χ1v) is 15.4. The second-order valence-electron chi connectivity index (χ2n) is 10.7. The molecule has 0 aliphatic carbocycles. The van der Waals surface area contributed by atoms with Gasteiger partial charge in [0, 0.05) is 23.5 Å². The number of para-hydroxylation sites is 1. The number of hydrogen-bond acceptors (Lipinski definition) is 6. The Labute approximate surface area is 247 Å². The Balaban J connectivity index is 1.44. The quantitative estimate of drug-likeness (QED) is 0.245. The number of ketones is 1. The minimum absolute atomic E-state index is 0.361. The molecule has 2 atom stereocenters. The van der Waals surface area contributed by atoms with E-state index in [2.05, 4.69) is 20.3 Å². The maximum absolute atomic E-state index is 13.4. The summed E-state index contributed by atoms with van der Waals surface area (Å²) in [7, 11) is -2.06. The number of carbonyl (C=O) groups is 3. The van der Waals surface area contributed by atoms with Gasteiger partial charge in [-0.2, -0.15) is 13.2 Å². The predicted molar refractivity (Wildman–Crippen MR) is 154 cm³/mol. The van der Waals surface area contributed by atoms with Gasteiger partial charge in [-0.25, -0.2) is 13.1 Å². The number of nitrogens with zero attached hydrogens (tertiary/aromatic N) is 1. The number of nitrogens with one attached hydrogen (secondary N) is 4. The Hall–Kier alpha value is -3.75. The summed E-state index contributed by atoms with van der Waals surface area (Å²) in [5.41, 5.74) is 1.58. The number of Topliss-reactive ketones (excluding diaryl/α,β-unsaturated/α-hetero) is 1. The average molecular weight is 622 g/mol. The van der Waals surface area contributed by atoms with Gasteiger partial charge >= 0.3 is 6.18 Å². The lowest BCUT2D eigenvalue weighted by Crippen LogP contribution is -2.55. The zero-order valence-corrected chi connectivity index (χ0v) is 24.3. The van der Waals surface area contributed by atoms with Crippen LogP contribution in [0.2, 0.25) is 0 Å². The Morgan fingerprint density at radius 3 is 2.35 bits per heavy atom. The first kappa shape index (κ1) is 32.2. The van der Waals surface area contributed by atoms with Crippen LogP contribution in [0.4, 0.5) is 13.2 Å². The van der Waals surface area contributed by atoms with Gasteiger partial charge in [0.05, 0.1) is 12.3 Å². The van der Waals surface area contributed by atoms with E-state index in [4.69, 9.17) is 0 Å². The summed E-state index contributed by atoms with van der Waals surface area (Å²) in [6.07, 6.45) is -3.13. The van der Waals surface area contributed by atoms with Gasteiger partial charge in [-0.05, 0) is 56.1 Å². The predicted octanol–water partition coefficient (Wildman–Crippen LogP) is 2.27. The second-order valence-corrected chi connectivity index (χ2v) is 12.5. The highest BCUT2D eigenvalue weighted by atomic mass is 32.2. The molecule has 0 bridgehead atoms. The van der Waals surface area contributed by atoms with Gasteiger partial charge in [-0.15, -0.1) is 0 Å². The van der Waals surface area contributed by atoms with Crippen LogP contribution in [0.15, 0.2) is 60.8 Å². The van der Waals surface area contributed by atoms with Crippen molar-refractivity contribution in [2.24, 2.45) is 5.92 Å². The number of sulfonamides is 1. The van der Waals surface area contributed by atoms with Gasteiger partial charge in [-0.1, -0.05) is 48.5 Å². The summed E-state index contributed by atoms with van der Waals surface area (Å²) in [6, 6.07) is 12.1. The molecule has 1 aliphatic rings. The SMILES string of the molecule is CN1CCC(C(NS(=O)(=O)Cc2ccccc2)C(=O)NCC(=O)NC(Cc2c[nH]c3ccccc23)C(=O)C(F)(F)F)CC1. The van der Waals surface area contributed by atoms with E-state index in [1.54, 1.807) is 54.6 Å². The molecular formula is C29H34F3N5O5S. The number of likely N-dealkylation sites (tertiary alicyclic amines) is 1. The Bertz CT molecular complexity index is 1540. The summed E-state index contributed by atoms with van der Waals surface area (Å²) in [5.74, 6) is -4.66. The average Bonchev–Trinajstić information content (AvgIpc) is 3.37. The Morgan fingerprint density at radius 2 is 1.67 bits per heavy atom. The number of piperidine rings is 1. The zero-order chi connectivity index (χ0) is 31.2. The number of hydrogen-bond donors (Lipinski definition) is 4. The summed E-state index contributed by atoms with van der Waals surface area (Å²) in [5, 5.41) is 5.07. The lowest BCUT2D eigenvalue weighted by atomic mass is 9.89. The zero-order valence-electron chi connectivity index (χ0n) is 23.5. The fourth-order valence-corrected chi connectivity index (χ4v) is 6.61. The molecule has 0 spiro atoms. The van der Waals surface area contributed by atoms with Crippen LogP contribution in [-0.2, 0) is 36.6 Å². The molecular weight excluding hydrogens is 587 g/mol. The maximum Gasteiger partial charge on any atom is 0.452 e. The topological polar surface area (TPSA) is 140 Å². The highest BCUT2D eigenvalue weighted by Crippen LogP contribution is 2.24. The van der Waals surface area contributed by atoms with Gasteiger partial charge in [0.1, 0.15) is 12.1 Å². The van der Waals surface area contributed by atoms with Crippen LogP contribution < -0.4 is 15.4 Å². The molecule has 1 aliphatic heterocycles. The van der Waals surface area contributed by atoms with Crippen molar-refractivity contribution in [2.45, 2.75) is 43.3 Å². The van der Waals surface area contributed by atoms with E-state index in [-0.39, 0.29) is 11.7 Å². The fraction of sp³-hybridized carbons (Fsp3) is 0.414. The van der Waals surface area contributed by atoms with E-state index in [9.17, 15) is 36.0 Å². The highest BCUT2D eigenvalue weighted by molar-refractivity contribution is 7.88. The molecule has 3 aromatic rings. The minimum atomic E-state index is -5.20. The van der Waals surface area contributed by atoms with Crippen molar-refractivity contribution >= 4 is 38.5 Å². The number of rotatable bonds is 12. The van der Waals surface area contributed by atoms with E-state index in [0.29, 0.717) is 48.0 Å². The third-order valence-electron chi connectivity index (χ3n) is 7.48. The molecule has 1 fully saturated rings. The molecule has 2 heterocycles. The fourth-order valence-electron chi connectivity index (χ4n) is 5.20. The standard InChI is InChI=1S/C29H34F3N5O5S/c1-37-13-11-20(12-14-37)26(36-43(41,42)18-19-7-3-2-4-8-19)28(40)34-17-25(38)35-24(27(39)29(30,31)32)15-21-16-33-23-10-6-5-9-22(21)23/h2-10,16,20,24,26,33,36H,11-15,17-18H2,1H3,(H,34,40)(H,35,38). The molecule has 4 rings (SSSR count). The molecule has 10 nitrogen and oxygen atoms in total. The van der Waals surface area contributed by atoms with Crippen LogP contribution in [-0.4, -0.2) is 80.8 Å². The van der Waals surface area contributed by atoms with Gasteiger partial charge in [0.25, 0.3) is 5.78 Å². The van der Waals surface area contributed by atoms with Crippen LogP contribution in [0.5, 0.6) is 0 Å². The van der Waals surface area contributed by atoms with Crippen LogP contribution >= 0.6 is 0 Å². The number of carbonyl (C=O) groups excluding carboxylic acids is 3. The van der Waals surface area contributed by atoms with E-state index >= 15 is 0 Å². The second kappa shape index (κ2) is 13.7. The van der Waals surface area contributed by atoms with Crippen molar-refractivity contribution in [3.63, 3.8) is 0 Å². The summed E-state index contributed by atoms with van der Waals surface area (Å²) < 4.78 is 68.7. The third kappa shape index (κ3) is 8.88. The number of aromatic amines is 1. The largest absolute Gasteiger partial charge is 0.452 e. The van der Waals surface area contributed by atoms with E-state index in [1.807, 2.05) is 11.9 Å². The number of benzene rings is 2. The summed E-state index contributed by atoms with van der Waals surface area (Å²) in [4.78, 5) is 43.2. The van der Waals surface area contributed by atoms with E-state index in [1.165, 1.54) is 6.20 Å². The molecule has 232 valence electrons. The Morgan fingerprint density at radius 1 is 1.02 bits per heavy atom. The van der Waals surface area contributed by atoms with E-state index < -0.39 is 58.8 Å². The van der Waals surface area contributed by atoms with Crippen molar-refractivity contribution < 1.29 is 36.0 Å². The van der Waals surface area contributed by atoms with Crippen molar-refractivity contribution in [3.8, 4) is 0 Å². The summed E-state index contributed by atoms with van der Waals surface area (Å²) >= 11 is 0. The normalized spacial score (nSPS) is 16.5. The molecule has 43 heavy (non-hydrogen) atoms. The number of H-pyrrole nitrogens is 1. The lowest BCUT2D eigenvalue weighted by molar-refractivity contribution is -0.173. The molecule has 4 N–H and O–H groups in total. The number of fused-ring (bicyclic) bond motifs is 1. The maximum atomic E-state index is 13.4. The van der Waals surface area contributed by atoms with Gasteiger partial charge < -0.3 is 20.5 Å². The van der Waals surface area contributed by atoms with Crippen LogP contribution in [0.3, 0.4) is 0 Å². The third-order valence-corrected chi connectivity index (χ3v) is 8.80. The first-order valence-electron chi connectivity index (χ1n) is 13.8. The monoisotopic (exact) mass is 621 g/mol. The molecule has 2 amide bonds. The molecule has 1 aromatic heterocycles. The number of halogens is 3. The van der Waals surface area contributed by atoms with Crippen LogP contribution in [0.1, 0.15) is 24.0 Å². The smallest absolute Gasteiger partial charge is 0.361 e. The van der Waals surface area contributed by atoms with Crippen molar-refractivity contribution in [3.05, 3.63) is 71.9 Å². The number of aromatic nitrogens is 1. The van der Waals surface area contributed by atoms with Crippen molar-refractivity contribution in [2.75, 3.05) is 26.7 Å². The molecule has 0 radical (unpaired) electrons. The number of amides is 2. The first-order chi connectivity index (χ1) is 20.3. The van der Waals surface area contributed by atoms with Gasteiger partial charge in [0.15, 0.2) is 0 Å². The minimum Gasteiger partial charge on any atom is -0.361 e. The number of alkyl halides is 3. The molecule has 14 heteroatoms. The van der Waals surface area contributed by atoms with Crippen molar-refractivity contribution in [1.82, 2.24) is 25.2 Å². The molecule has 1 saturated heterocycles. The van der Waals surface area contributed by atoms with Crippen LogP contribution in [0, 0.1) is 5.92 Å². The van der Waals surface area contributed by atoms with E-state index in [0.717, 1.165) is 0 Å². The van der Waals surface area contributed by atoms with Gasteiger partial charge in [0.2, 0.25) is 21.8 Å². The molecule has 0 saturated carbocycles. The molecule has 2 unspecified atom stereocenters. The van der Waals surface area contributed by atoms with Crippen LogP contribution in [0.25, 0.3) is 10.9 Å². The summed E-state index contributed by atoms with van der Waals surface area (Å²) in [6.45, 7) is 0.507. The van der Waals surface area contributed by atoms with Crippen molar-refractivity contribution in [1.29, 1.82) is 0 Å². The lowest BCUT2D eigenvalue weighted by Gasteiger charge is -2.33. The molecule has 2 aromatic carbocycles. The highest BCUT2D eigenvalue weighted by Gasteiger charge is 2.44. The Kier molecular flexibility index (Phi) is 10.2. The van der Waals surface area contributed by atoms with Gasteiger partial charge in [-0.3, -0.25) is 14.4 Å².